The lowest BCUT2D eigenvalue weighted by molar-refractivity contribution is -0.117. The van der Waals surface area contributed by atoms with Crippen LogP contribution in [-0.4, -0.2) is 16.9 Å². The predicted octanol–water partition coefficient (Wildman–Crippen LogP) is -0.0256. The molecule has 3 N–H and O–H groups in total. The number of hydrogen-bond donors (Lipinski definition) is 2. The summed E-state index contributed by atoms with van der Waals surface area (Å²) in [5.74, 6) is -0.560. The van der Waals surface area contributed by atoms with Gasteiger partial charge in [-0.2, -0.15) is 0 Å². The van der Waals surface area contributed by atoms with Crippen molar-refractivity contribution in [1.29, 1.82) is 0 Å². The Morgan fingerprint density at radius 2 is 2.25 bits per heavy atom. The third-order valence-electron chi connectivity index (χ3n) is 0.797. The number of aliphatic hydroxyl groups is 1. The first-order valence-electron chi connectivity index (χ1n) is 2.19. The molecule has 0 aromatic carbocycles. The average Bonchev–Trinajstić information content (AvgIpc) is 1.64. The molecule has 3 nitrogen and oxygen atoms in total. The molecule has 0 saturated carbocycles. The summed E-state index contributed by atoms with van der Waals surface area (Å²) >= 11 is 0. The standard InChI is InChI=1S/C5H9NO2/c1-3(7)5(6)4(2)8/h5,7H,1,6H2,2H3. The fraction of sp³-hybridized carbons (Fsp3) is 0.400. The molecule has 46 valence electrons. The van der Waals surface area contributed by atoms with Gasteiger partial charge in [-0.25, -0.2) is 0 Å². The molecule has 0 heterocycles. The van der Waals surface area contributed by atoms with Crippen LogP contribution in [0.15, 0.2) is 12.3 Å². The van der Waals surface area contributed by atoms with Crippen LogP contribution in [0.2, 0.25) is 0 Å². The number of nitrogens with two attached hydrogens (primary N) is 1. The maximum absolute atomic E-state index is 10.2. The van der Waals surface area contributed by atoms with Crippen LogP contribution in [0.5, 0.6) is 0 Å². The van der Waals surface area contributed by atoms with Crippen LogP contribution in [0.3, 0.4) is 0 Å². The van der Waals surface area contributed by atoms with Crippen molar-refractivity contribution >= 4 is 5.78 Å². The summed E-state index contributed by atoms with van der Waals surface area (Å²) in [6, 6.07) is -0.907. The SMILES string of the molecule is C=C(O)C(N)C(C)=O. The monoisotopic (exact) mass is 115 g/mol. The van der Waals surface area contributed by atoms with Gasteiger partial charge in [0.1, 0.15) is 11.8 Å². The minimum absolute atomic E-state index is 0.280. The van der Waals surface area contributed by atoms with Crippen LogP contribution in [0.4, 0.5) is 0 Å². The van der Waals surface area contributed by atoms with Crippen LogP contribution in [-0.2, 0) is 4.79 Å². The van der Waals surface area contributed by atoms with Crippen molar-refractivity contribution in [3.05, 3.63) is 12.3 Å². The van der Waals surface area contributed by atoms with Gasteiger partial charge in [0.15, 0.2) is 5.78 Å². The Bertz CT molecular complexity index is 106. The first-order valence-corrected chi connectivity index (χ1v) is 2.19. The molecule has 0 amide bonds. The molecule has 1 unspecified atom stereocenters. The molecule has 0 aliphatic heterocycles. The maximum atomic E-state index is 10.2. The summed E-state index contributed by atoms with van der Waals surface area (Å²) < 4.78 is 0. The largest absolute Gasteiger partial charge is 0.511 e. The second-order valence-electron chi connectivity index (χ2n) is 1.58. The minimum Gasteiger partial charge on any atom is -0.511 e. The van der Waals surface area contributed by atoms with Gasteiger partial charge in [-0.05, 0) is 6.92 Å². The lowest BCUT2D eigenvalue weighted by Crippen LogP contribution is -2.29. The first kappa shape index (κ1) is 7.17. The van der Waals surface area contributed by atoms with Gasteiger partial charge < -0.3 is 10.8 Å². The lowest BCUT2D eigenvalue weighted by Gasteiger charge is -2.02. The van der Waals surface area contributed by atoms with E-state index in [1.54, 1.807) is 0 Å². The number of hydrogen-bond acceptors (Lipinski definition) is 3. The highest BCUT2D eigenvalue weighted by atomic mass is 16.3. The molecule has 0 aromatic heterocycles. The summed E-state index contributed by atoms with van der Waals surface area (Å²) in [5, 5.41) is 8.45. The van der Waals surface area contributed by atoms with Gasteiger partial charge in [0.05, 0.1) is 0 Å². The van der Waals surface area contributed by atoms with Gasteiger partial charge in [0.2, 0.25) is 0 Å². The number of carbonyl (C=O) groups excluding carboxylic acids is 1. The molecular formula is C5H9NO2. The second-order valence-corrected chi connectivity index (χ2v) is 1.58. The molecule has 0 radical (unpaired) electrons. The van der Waals surface area contributed by atoms with E-state index in [2.05, 4.69) is 6.58 Å². The zero-order chi connectivity index (χ0) is 6.73. The fourth-order valence-electron chi connectivity index (χ4n) is 0.235. The van der Waals surface area contributed by atoms with Crippen molar-refractivity contribution in [3.63, 3.8) is 0 Å². The Labute approximate surface area is 47.8 Å². The summed E-state index contributed by atoms with van der Waals surface area (Å²) in [7, 11) is 0. The highest BCUT2D eigenvalue weighted by Crippen LogP contribution is 1.89. The van der Waals surface area contributed by atoms with E-state index < -0.39 is 6.04 Å². The highest BCUT2D eigenvalue weighted by Gasteiger charge is 2.09. The Morgan fingerprint density at radius 1 is 1.88 bits per heavy atom. The second kappa shape index (κ2) is 2.47. The number of rotatable bonds is 2. The van der Waals surface area contributed by atoms with E-state index >= 15 is 0 Å². The van der Waals surface area contributed by atoms with Crippen molar-refractivity contribution in [2.24, 2.45) is 5.73 Å². The molecule has 8 heavy (non-hydrogen) atoms. The van der Waals surface area contributed by atoms with E-state index in [9.17, 15) is 4.79 Å². The van der Waals surface area contributed by atoms with E-state index in [4.69, 9.17) is 10.8 Å². The molecule has 0 aliphatic rings. The Morgan fingerprint density at radius 3 is 2.25 bits per heavy atom. The van der Waals surface area contributed by atoms with Gasteiger partial charge in [-0.1, -0.05) is 6.58 Å². The zero-order valence-corrected chi connectivity index (χ0v) is 4.72. The van der Waals surface area contributed by atoms with E-state index in [1.807, 2.05) is 0 Å². The van der Waals surface area contributed by atoms with E-state index in [0.717, 1.165) is 0 Å². The molecule has 0 bridgehead atoms. The molecule has 3 heteroatoms. The van der Waals surface area contributed by atoms with Crippen molar-refractivity contribution in [2.45, 2.75) is 13.0 Å². The van der Waals surface area contributed by atoms with Crippen molar-refractivity contribution in [3.8, 4) is 0 Å². The van der Waals surface area contributed by atoms with Gasteiger partial charge in [0, 0.05) is 0 Å². The lowest BCUT2D eigenvalue weighted by atomic mass is 10.2. The van der Waals surface area contributed by atoms with Crippen LogP contribution in [0.1, 0.15) is 6.92 Å². The van der Waals surface area contributed by atoms with Gasteiger partial charge >= 0.3 is 0 Å². The van der Waals surface area contributed by atoms with E-state index in [1.165, 1.54) is 6.92 Å². The summed E-state index contributed by atoms with van der Waals surface area (Å²) in [6.45, 7) is 4.38. The van der Waals surface area contributed by atoms with Crippen LogP contribution in [0.25, 0.3) is 0 Å². The van der Waals surface area contributed by atoms with Crippen LogP contribution >= 0.6 is 0 Å². The van der Waals surface area contributed by atoms with Gasteiger partial charge in [0.25, 0.3) is 0 Å². The van der Waals surface area contributed by atoms with Crippen molar-refractivity contribution in [2.75, 3.05) is 0 Å². The minimum atomic E-state index is -0.907. The van der Waals surface area contributed by atoms with E-state index in [0.29, 0.717) is 0 Å². The highest BCUT2D eigenvalue weighted by molar-refractivity contribution is 5.83. The molecule has 0 aromatic rings. The molecular weight excluding hydrogens is 106 g/mol. The molecule has 0 fully saturated rings. The normalized spacial score (nSPS) is 12.8. The smallest absolute Gasteiger partial charge is 0.154 e. The third kappa shape index (κ3) is 1.75. The maximum Gasteiger partial charge on any atom is 0.154 e. The Balaban J connectivity index is 3.83. The summed E-state index contributed by atoms with van der Waals surface area (Å²) in [6.07, 6.45) is 0. The molecule has 1 atom stereocenters. The van der Waals surface area contributed by atoms with Crippen LogP contribution < -0.4 is 5.73 Å². The number of carbonyl (C=O) groups is 1. The predicted molar refractivity (Wildman–Crippen MR) is 30.4 cm³/mol. The number of Topliss-reactive ketones (excluding diaryl/α,β-unsaturated/α-hetero) is 1. The quantitative estimate of drug-likeness (QED) is 0.497. The number of aliphatic hydroxyl groups excluding tert-OH is 1. The summed E-state index contributed by atoms with van der Waals surface area (Å²) in [5.41, 5.74) is 5.06. The molecule has 0 rings (SSSR count). The molecule has 0 saturated heterocycles. The summed E-state index contributed by atoms with van der Waals surface area (Å²) in [4.78, 5) is 10.2. The van der Waals surface area contributed by atoms with Gasteiger partial charge in [-0.3, -0.25) is 4.79 Å². The number of ketones is 1. The zero-order valence-electron chi connectivity index (χ0n) is 4.72. The Hall–Kier alpha value is -0.830. The Kier molecular flexibility index (Phi) is 2.21. The van der Waals surface area contributed by atoms with E-state index in [-0.39, 0.29) is 11.5 Å². The first-order chi connectivity index (χ1) is 3.55. The molecule has 0 spiro atoms. The van der Waals surface area contributed by atoms with Crippen LogP contribution in [0, 0.1) is 0 Å². The average molecular weight is 115 g/mol. The third-order valence-corrected chi connectivity index (χ3v) is 0.797. The molecule has 0 aliphatic carbocycles. The van der Waals surface area contributed by atoms with Crippen molar-refractivity contribution < 1.29 is 9.90 Å². The van der Waals surface area contributed by atoms with Crippen molar-refractivity contribution in [1.82, 2.24) is 0 Å². The van der Waals surface area contributed by atoms with Gasteiger partial charge in [-0.15, -0.1) is 0 Å². The fourth-order valence-corrected chi connectivity index (χ4v) is 0.235. The topological polar surface area (TPSA) is 63.3 Å².